The molecule has 8 heteroatoms. The fourth-order valence-electron chi connectivity index (χ4n) is 2.30. The minimum Gasteiger partial charge on any atom is -0.377 e. The molecule has 8 nitrogen and oxygen atoms in total. The molecule has 1 aliphatic heterocycles. The van der Waals surface area contributed by atoms with Crippen LogP contribution in [0.1, 0.15) is 24.2 Å². The van der Waals surface area contributed by atoms with Gasteiger partial charge in [0.1, 0.15) is 12.0 Å². The summed E-state index contributed by atoms with van der Waals surface area (Å²) in [6.45, 7) is 5.11. The summed E-state index contributed by atoms with van der Waals surface area (Å²) in [5.41, 5.74) is -0.476. The van der Waals surface area contributed by atoms with Gasteiger partial charge in [-0.2, -0.15) is 0 Å². The molecule has 1 aliphatic rings. The number of aromatic nitrogens is 1. The zero-order chi connectivity index (χ0) is 15.6. The molecule has 0 aliphatic carbocycles. The normalized spacial score (nSPS) is 17.4. The molecular weight excluding hydrogens is 276 g/mol. The third-order valence-electron chi connectivity index (χ3n) is 3.44. The number of nitro groups is 1. The first kappa shape index (κ1) is 15.2. The van der Waals surface area contributed by atoms with Crippen molar-refractivity contribution in [1.29, 1.82) is 0 Å². The third-order valence-corrected chi connectivity index (χ3v) is 3.44. The minimum atomic E-state index is -0.562. The molecule has 0 unspecified atom stereocenters. The van der Waals surface area contributed by atoms with Gasteiger partial charge in [0.25, 0.3) is 11.6 Å². The van der Waals surface area contributed by atoms with Crippen LogP contribution in [0.4, 0.5) is 11.5 Å². The maximum Gasteiger partial charge on any atom is 0.288 e. The van der Waals surface area contributed by atoms with Crippen molar-refractivity contribution in [2.45, 2.75) is 19.4 Å². The Balaban J connectivity index is 2.41. The molecule has 0 aromatic carbocycles. The van der Waals surface area contributed by atoms with Crippen LogP contribution in [-0.2, 0) is 4.74 Å². The number of amides is 1. The monoisotopic (exact) mass is 294 g/mol. The van der Waals surface area contributed by atoms with Gasteiger partial charge in [0.2, 0.25) is 0 Å². The van der Waals surface area contributed by atoms with Crippen molar-refractivity contribution in [3.05, 3.63) is 27.9 Å². The molecule has 2 heterocycles. The summed E-state index contributed by atoms with van der Waals surface area (Å²) in [5, 5.41) is 13.7. The van der Waals surface area contributed by atoms with E-state index in [0.29, 0.717) is 25.6 Å². The van der Waals surface area contributed by atoms with E-state index in [1.165, 1.54) is 6.07 Å². The van der Waals surface area contributed by atoms with Gasteiger partial charge in [-0.25, -0.2) is 4.98 Å². The lowest BCUT2D eigenvalue weighted by Crippen LogP contribution is -2.55. The minimum absolute atomic E-state index is 0.196. The van der Waals surface area contributed by atoms with Gasteiger partial charge >= 0.3 is 0 Å². The molecule has 1 N–H and O–H groups in total. The number of nitrogens with zero attached hydrogens (tertiary/aromatic N) is 3. The predicted molar refractivity (Wildman–Crippen MR) is 76.4 cm³/mol. The second kappa shape index (κ2) is 5.65. The number of rotatable bonds is 3. The van der Waals surface area contributed by atoms with Crippen molar-refractivity contribution < 1.29 is 14.5 Å². The summed E-state index contributed by atoms with van der Waals surface area (Å²) in [5.74, 6) is 0.0386. The van der Waals surface area contributed by atoms with Crippen LogP contribution in [-0.4, -0.2) is 53.1 Å². The highest BCUT2D eigenvalue weighted by molar-refractivity contribution is 5.99. The molecule has 114 valence electrons. The van der Waals surface area contributed by atoms with Crippen LogP contribution < -0.4 is 5.32 Å². The number of hydrogen-bond acceptors (Lipinski definition) is 6. The van der Waals surface area contributed by atoms with Crippen molar-refractivity contribution in [3.8, 4) is 0 Å². The maximum absolute atomic E-state index is 12.7. The molecule has 1 saturated heterocycles. The number of anilines is 1. The van der Waals surface area contributed by atoms with E-state index >= 15 is 0 Å². The first-order valence-corrected chi connectivity index (χ1v) is 6.59. The largest absolute Gasteiger partial charge is 0.377 e. The zero-order valence-corrected chi connectivity index (χ0v) is 12.3. The van der Waals surface area contributed by atoms with Gasteiger partial charge in [0.05, 0.1) is 29.2 Å². The average Bonchev–Trinajstić information content (AvgIpc) is 2.45. The summed E-state index contributed by atoms with van der Waals surface area (Å²) in [7, 11) is 1.62. The van der Waals surface area contributed by atoms with Crippen LogP contribution in [0.2, 0.25) is 0 Å². The quantitative estimate of drug-likeness (QED) is 0.666. The zero-order valence-electron chi connectivity index (χ0n) is 12.3. The molecule has 1 amide bonds. The number of ether oxygens (including phenoxy) is 1. The number of pyridine rings is 1. The molecule has 2 rings (SSSR count). The lowest BCUT2D eigenvalue weighted by molar-refractivity contribution is -0.385. The van der Waals surface area contributed by atoms with E-state index in [1.54, 1.807) is 11.9 Å². The van der Waals surface area contributed by atoms with Crippen LogP contribution in [0.15, 0.2) is 12.3 Å². The lowest BCUT2D eigenvalue weighted by Gasteiger charge is -2.42. The third kappa shape index (κ3) is 2.94. The number of morpholine rings is 1. The van der Waals surface area contributed by atoms with Crippen molar-refractivity contribution in [1.82, 2.24) is 9.88 Å². The first-order valence-electron chi connectivity index (χ1n) is 6.59. The summed E-state index contributed by atoms with van der Waals surface area (Å²) in [6.07, 6.45) is 1.13. The Morgan fingerprint density at radius 3 is 2.86 bits per heavy atom. The number of hydrogen-bond donors (Lipinski definition) is 1. The Labute approximate surface area is 122 Å². The smallest absolute Gasteiger partial charge is 0.288 e. The molecule has 0 atom stereocenters. The van der Waals surface area contributed by atoms with Gasteiger partial charge in [0, 0.05) is 19.7 Å². The van der Waals surface area contributed by atoms with Gasteiger partial charge in [-0.05, 0) is 13.8 Å². The standard InChI is InChI=1S/C13H18N4O4/c1-13(2)8-21-5-4-16(13)12(18)10-6-9(17(19)20)7-15-11(10)14-3/h6-7H,4-5,8H2,1-3H3,(H,14,15). The Morgan fingerprint density at radius 1 is 1.57 bits per heavy atom. The molecule has 1 fully saturated rings. The van der Waals surface area contributed by atoms with Crippen LogP contribution in [0.3, 0.4) is 0 Å². The van der Waals surface area contributed by atoms with Crippen molar-refractivity contribution in [2.24, 2.45) is 0 Å². The SMILES string of the molecule is CNc1ncc([N+](=O)[O-])cc1C(=O)N1CCOCC1(C)C. The highest BCUT2D eigenvalue weighted by atomic mass is 16.6. The van der Waals surface area contributed by atoms with E-state index in [1.807, 2.05) is 13.8 Å². The van der Waals surface area contributed by atoms with E-state index in [4.69, 9.17) is 4.74 Å². The number of carbonyl (C=O) groups is 1. The summed E-state index contributed by atoms with van der Waals surface area (Å²) in [4.78, 5) is 28.7. The second-order valence-corrected chi connectivity index (χ2v) is 5.42. The van der Waals surface area contributed by atoms with Crippen molar-refractivity contribution in [2.75, 3.05) is 32.1 Å². The van der Waals surface area contributed by atoms with Gasteiger partial charge in [0.15, 0.2) is 0 Å². The molecule has 21 heavy (non-hydrogen) atoms. The van der Waals surface area contributed by atoms with Gasteiger partial charge in [-0.1, -0.05) is 0 Å². The Hall–Kier alpha value is -2.22. The maximum atomic E-state index is 12.7. The highest BCUT2D eigenvalue weighted by Gasteiger charge is 2.36. The van der Waals surface area contributed by atoms with Crippen LogP contribution in [0.5, 0.6) is 0 Å². The molecule has 1 aromatic rings. The fourth-order valence-corrected chi connectivity index (χ4v) is 2.30. The summed E-state index contributed by atoms with van der Waals surface area (Å²) >= 11 is 0. The average molecular weight is 294 g/mol. The van der Waals surface area contributed by atoms with E-state index in [2.05, 4.69) is 10.3 Å². The second-order valence-electron chi connectivity index (χ2n) is 5.42. The molecule has 0 spiro atoms. The Morgan fingerprint density at radius 2 is 2.29 bits per heavy atom. The van der Waals surface area contributed by atoms with Gasteiger partial charge in [-0.3, -0.25) is 14.9 Å². The fraction of sp³-hybridized carbons (Fsp3) is 0.538. The van der Waals surface area contributed by atoms with Crippen LogP contribution >= 0.6 is 0 Å². The summed E-state index contributed by atoms with van der Waals surface area (Å²) < 4.78 is 5.39. The molecule has 0 saturated carbocycles. The van der Waals surface area contributed by atoms with Crippen molar-refractivity contribution in [3.63, 3.8) is 0 Å². The number of nitrogens with one attached hydrogen (secondary N) is 1. The topological polar surface area (TPSA) is 97.6 Å². The first-order chi connectivity index (χ1) is 9.86. The predicted octanol–water partition coefficient (Wildman–Crippen LogP) is 1.28. The van der Waals surface area contributed by atoms with E-state index < -0.39 is 10.5 Å². The van der Waals surface area contributed by atoms with Crippen LogP contribution in [0.25, 0.3) is 0 Å². The lowest BCUT2D eigenvalue weighted by atomic mass is 10.0. The van der Waals surface area contributed by atoms with E-state index in [9.17, 15) is 14.9 Å². The Kier molecular flexibility index (Phi) is 4.08. The Bertz CT molecular complexity index is 573. The van der Waals surface area contributed by atoms with Crippen molar-refractivity contribution >= 4 is 17.4 Å². The molecule has 1 aromatic heterocycles. The van der Waals surface area contributed by atoms with E-state index in [0.717, 1.165) is 6.20 Å². The van der Waals surface area contributed by atoms with E-state index in [-0.39, 0.29) is 17.2 Å². The van der Waals surface area contributed by atoms with Crippen LogP contribution in [0, 0.1) is 10.1 Å². The van der Waals surface area contributed by atoms with Gasteiger partial charge in [-0.15, -0.1) is 0 Å². The molecule has 0 bridgehead atoms. The molecule has 0 radical (unpaired) electrons. The van der Waals surface area contributed by atoms with Gasteiger partial charge < -0.3 is 15.0 Å². The molecular formula is C13H18N4O4. The highest BCUT2D eigenvalue weighted by Crippen LogP contribution is 2.26. The number of carbonyl (C=O) groups excluding carboxylic acids is 1. The summed E-state index contributed by atoms with van der Waals surface area (Å²) in [6, 6.07) is 1.26.